The molecule has 0 fully saturated rings. The van der Waals surface area contributed by atoms with E-state index in [1.807, 2.05) is 6.07 Å². The number of anilines is 1. The number of sulfone groups is 1. The topological polar surface area (TPSA) is 63.2 Å². The third kappa shape index (κ3) is 5.44. The highest BCUT2D eigenvalue weighted by Crippen LogP contribution is 2.17. The Morgan fingerprint density at radius 2 is 1.83 bits per heavy atom. The molecule has 2 rings (SSSR count). The smallest absolute Gasteiger partial charge is 0.224 e. The first kappa shape index (κ1) is 17.6. The minimum atomic E-state index is -3.51. The molecule has 1 amide bonds. The first-order valence-corrected chi connectivity index (χ1v) is 9.35. The second kappa shape index (κ2) is 7.70. The fourth-order valence-electron chi connectivity index (χ4n) is 1.97. The number of hydrogen-bond acceptors (Lipinski definition) is 3. The van der Waals surface area contributed by atoms with Gasteiger partial charge in [0.25, 0.3) is 0 Å². The fraction of sp³-hybridized carbons (Fsp3) is 0.188. The summed E-state index contributed by atoms with van der Waals surface area (Å²) < 4.78 is 37.8. The highest BCUT2D eigenvalue weighted by Gasteiger charge is 2.15. The van der Waals surface area contributed by atoms with Crippen LogP contribution in [0.25, 0.3) is 0 Å². The molecular weight excluding hydrogens is 385 g/mol. The predicted molar refractivity (Wildman–Crippen MR) is 90.5 cm³/mol. The summed E-state index contributed by atoms with van der Waals surface area (Å²) in [5, 5.41) is 2.70. The van der Waals surface area contributed by atoms with Gasteiger partial charge in [0.2, 0.25) is 5.91 Å². The second-order valence-electron chi connectivity index (χ2n) is 4.93. The minimum absolute atomic E-state index is 0.0614. The van der Waals surface area contributed by atoms with Crippen molar-refractivity contribution >= 4 is 37.4 Å². The lowest BCUT2D eigenvalue weighted by Gasteiger charge is -2.06. The standard InChI is InChI=1S/C16H15BrFNO3S/c17-12-3-1-4-14(11-12)19-16(20)5-2-10-23(21,22)15-8-6-13(18)7-9-15/h1,3-4,6-9,11H,2,5,10H2,(H,19,20). The molecule has 0 heterocycles. The molecule has 0 aromatic heterocycles. The van der Waals surface area contributed by atoms with Gasteiger partial charge in [-0.2, -0.15) is 0 Å². The zero-order chi connectivity index (χ0) is 16.9. The third-order valence-electron chi connectivity index (χ3n) is 3.10. The summed E-state index contributed by atoms with van der Waals surface area (Å²) in [4.78, 5) is 11.9. The van der Waals surface area contributed by atoms with E-state index in [0.717, 1.165) is 16.6 Å². The summed E-state index contributed by atoms with van der Waals surface area (Å²) in [7, 11) is -3.51. The summed E-state index contributed by atoms with van der Waals surface area (Å²) in [6.45, 7) is 0. The Kier molecular flexibility index (Phi) is 5.90. The van der Waals surface area contributed by atoms with E-state index in [4.69, 9.17) is 0 Å². The van der Waals surface area contributed by atoms with Crippen molar-refractivity contribution in [2.24, 2.45) is 0 Å². The summed E-state index contributed by atoms with van der Waals surface area (Å²) in [6, 6.07) is 11.8. The number of amides is 1. The molecular formula is C16H15BrFNO3S. The monoisotopic (exact) mass is 399 g/mol. The second-order valence-corrected chi connectivity index (χ2v) is 7.96. The van der Waals surface area contributed by atoms with Gasteiger partial charge < -0.3 is 5.32 Å². The van der Waals surface area contributed by atoms with E-state index in [1.165, 1.54) is 12.1 Å². The number of carbonyl (C=O) groups is 1. The van der Waals surface area contributed by atoms with E-state index in [1.54, 1.807) is 18.2 Å². The van der Waals surface area contributed by atoms with Crippen LogP contribution in [0.3, 0.4) is 0 Å². The van der Waals surface area contributed by atoms with Gasteiger partial charge in [0.05, 0.1) is 10.6 Å². The van der Waals surface area contributed by atoms with Crippen molar-refractivity contribution in [2.75, 3.05) is 11.1 Å². The van der Waals surface area contributed by atoms with Crippen LogP contribution in [0.4, 0.5) is 10.1 Å². The Labute approximate surface area is 142 Å². The number of hydrogen-bond donors (Lipinski definition) is 1. The van der Waals surface area contributed by atoms with E-state index < -0.39 is 15.7 Å². The molecule has 7 heteroatoms. The molecule has 0 saturated carbocycles. The summed E-state index contributed by atoms with van der Waals surface area (Å²) in [5.74, 6) is -0.903. The Morgan fingerprint density at radius 1 is 1.13 bits per heavy atom. The van der Waals surface area contributed by atoms with Crippen molar-refractivity contribution in [1.29, 1.82) is 0 Å². The van der Waals surface area contributed by atoms with Crippen LogP contribution >= 0.6 is 15.9 Å². The van der Waals surface area contributed by atoms with Crippen molar-refractivity contribution in [2.45, 2.75) is 17.7 Å². The van der Waals surface area contributed by atoms with Crippen LogP contribution in [0.5, 0.6) is 0 Å². The Balaban J connectivity index is 1.86. The van der Waals surface area contributed by atoms with Crippen LogP contribution in [0.2, 0.25) is 0 Å². The van der Waals surface area contributed by atoms with Gasteiger partial charge in [-0.25, -0.2) is 12.8 Å². The van der Waals surface area contributed by atoms with Crippen molar-refractivity contribution in [3.8, 4) is 0 Å². The quantitative estimate of drug-likeness (QED) is 0.751. The largest absolute Gasteiger partial charge is 0.326 e. The average molecular weight is 400 g/mol. The molecule has 0 aliphatic rings. The van der Waals surface area contributed by atoms with Crippen LogP contribution < -0.4 is 5.32 Å². The molecule has 2 aromatic carbocycles. The number of carbonyl (C=O) groups excluding carboxylic acids is 1. The lowest BCUT2D eigenvalue weighted by molar-refractivity contribution is -0.116. The number of halogens is 2. The molecule has 0 saturated heterocycles. The Hall–Kier alpha value is -1.73. The lowest BCUT2D eigenvalue weighted by Crippen LogP contribution is -2.14. The molecule has 1 N–H and O–H groups in total. The third-order valence-corrected chi connectivity index (χ3v) is 5.41. The van der Waals surface area contributed by atoms with Gasteiger partial charge in [-0.15, -0.1) is 0 Å². The summed E-state index contributed by atoms with van der Waals surface area (Å²) in [6.07, 6.45) is 0.284. The Morgan fingerprint density at radius 3 is 2.48 bits per heavy atom. The van der Waals surface area contributed by atoms with Crippen LogP contribution in [0.1, 0.15) is 12.8 Å². The number of nitrogens with one attached hydrogen (secondary N) is 1. The van der Waals surface area contributed by atoms with Gasteiger partial charge in [-0.1, -0.05) is 22.0 Å². The summed E-state index contributed by atoms with van der Waals surface area (Å²) >= 11 is 3.30. The first-order valence-electron chi connectivity index (χ1n) is 6.90. The zero-order valence-electron chi connectivity index (χ0n) is 12.1. The normalized spacial score (nSPS) is 11.2. The lowest BCUT2D eigenvalue weighted by atomic mass is 10.3. The molecule has 0 aliphatic carbocycles. The molecule has 0 spiro atoms. The molecule has 122 valence electrons. The van der Waals surface area contributed by atoms with Gasteiger partial charge in [0, 0.05) is 16.6 Å². The van der Waals surface area contributed by atoms with Crippen LogP contribution in [0, 0.1) is 5.82 Å². The van der Waals surface area contributed by atoms with E-state index in [-0.39, 0.29) is 29.4 Å². The van der Waals surface area contributed by atoms with Crippen molar-refractivity contribution in [3.05, 3.63) is 58.8 Å². The van der Waals surface area contributed by atoms with Crippen LogP contribution in [-0.2, 0) is 14.6 Å². The molecule has 0 atom stereocenters. The van der Waals surface area contributed by atoms with E-state index in [0.29, 0.717) is 5.69 Å². The van der Waals surface area contributed by atoms with Crippen molar-refractivity contribution in [1.82, 2.24) is 0 Å². The van der Waals surface area contributed by atoms with E-state index in [2.05, 4.69) is 21.2 Å². The maximum absolute atomic E-state index is 12.8. The van der Waals surface area contributed by atoms with Gasteiger partial charge in [-0.05, 0) is 48.9 Å². The van der Waals surface area contributed by atoms with Crippen LogP contribution in [-0.4, -0.2) is 20.1 Å². The predicted octanol–water partition coefficient (Wildman–Crippen LogP) is 3.78. The highest BCUT2D eigenvalue weighted by atomic mass is 79.9. The Bertz CT molecular complexity index is 791. The molecule has 0 bridgehead atoms. The minimum Gasteiger partial charge on any atom is -0.326 e. The van der Waals surface area contributed by atoms with Gasteiger partial charge in [-0.3, -0.25) is 4.79 Å². The molecule has 0 radical (unpaired) electrons. The molecule has 0 aliphatic heterocycles. The van der Waals surface area contributed by atoms with Crippen molar-refractivity contribution < 1.29 is 17.6 Å². The van der Waals surface area contributed by atoms with Crippen molar-refractivity contribution in [3.63, 3.8) is 0 Å². The molecule has 23 heavy (non-hydrogen) atoms. The molecule has 2 aromatic rings. The number of benzene rings is 2. The average Bonchev–Trinajstić information content (AvgIpc) is 2.47. The maximum Gasteiger partial charge on any atom is 0.224 e. The maximum atomic E-state index is 12.8. The van der Waals surface area contributed by atoms with Gasteiger partial charge in [0.15, 0.2) is 9.84 Å². The number of rotatable bonds is 6. The summed E-state index contributed by atoms with van der Waals surface area (Å²) in [5.41, 5.74) is 0.644. The molecule has 4 nitrogen and oxygen atoms in total. The van der Waals surface area contributed by atoms with Gasteiger partial charge >= 0.3 is 0 Å². The highest BCUT2D eigenvalue weighted by molar-refractivity contribution is 9.10. The van der Waals surface area contributed by atoms with Crippen LogP contribution in [0.15, 0.2) is 57.9 Å². The first-order chi connectivity index (χ1) is 10.9. The van der Waals surface area contributed by atoms with Gasteiger partial charge in [0.1, 0.15) is 5.82 Å². The zero-order valence-corrected chi connectivity index (χ0v) is 14.5. The van der Waals surface area contributed by atoms with E-state index >= 15 is 0 Å². The SMILES string of the molecule is O=C(CCCS(=O)(=O)c1ccc(F)cc1)Nc1cccc(Br)c1. The fourth-order valence-corrected chi connectivity index (χ4v) is 3.68. The van der Waals surface area contributed by atoms with E-state index in [9.17, 15) is 17.6 Å². The molecule has 0 unspecified atom stereocenters.